The van der Waals surface area contributed by atoms with Gasteiger partial charge in [-0.1, -0.05) is 41.4 Å². The maximum absolute atomic E-state index is 12.9. The van der Waals surface area contributed by atoms with Gasteiger partial charge in [0.15, 0.2) is 5.58 Å². The summed E-state index contributed by atoms with van der Waals surface area (Å²) in [5.74, 6) is -0.220. The number of nitrogens with one attached hydrogen (secondary N) is 1. The van der Waals surface area contributed by atoms with Crippen molar-refractivity contribution in [2.45, 2.75) is 6.42 Å². The molecule has 1 aromatic heterocycles. The van der Waals surface area contributed by atoms with Crippen molar-refractivity contribution >= 4 is 40.2 Å². The number of fused-ring (bicyclic) bond motifs is 1. The zero-order chi connectivity index (χ0) is 20.4. The molecule has 4 aromatic rings. The lowest BCUT2D eigenvalue weighted by Gasteiger charge is -2.05. The fourth-order valence-corrected chi connectivity index (χ4v) is 3.51. The maximum Gasteiger partial charge on any atom is 0.251 e. The van der Waals surface area contributed by atoms with Gasteiger partial charge in [-0.25, -0.2) is 9.37 Å². The Morgan fingerprint density at radius 1 is 1.03 bits per heavy atom. The lowest BCUT2D eigenvalue weighted by atomic mass is 10.1. The number of halogens is 3. The zero-order valence-corrected chi connectivity index (χ0v) is 16.6. The van der Waals surface area contributed by atoms with Crippen molar-refractivity contribution in [3.63, 3.8) is 0 Å². The van der Waals surface area contributed by atoms with Crippen LogP contribution in [0.15, 0.2) is 65.1 Å². The molecule has 0 fully saturated rings. The van der Waals surface area contributed by atoms with Crippen molar-refractivity contribution in [3.8, 4) is 11.5 Å². The molecule has 0 aliphatic carbocycles. The first-order valence-corrected chi connectivity index (χ1v) is 9.64. The molecule has 7 heteroatoms. The van der Waals surface area contributed by atoms with Crippen LogP contribution >= 0.6 is 23.2 Å². The summed E-state index contributed by atoms with van der Waals surface area (Å²) in [6.45, 7) is 0.430. The summed E-state index contributed by atoms with van der Waals surface area (Å²) in [5.41, 5.74) is 2.96. The SMILES string of the molecule is O=C(NCCc1ccc(F)cc1)c1ccc2nc(-c3c(Cl)cccc3Cl)oc2c1. The van der Waals surface area contributed by atoms with Crippen LogP contribution in [0.2, 0.25) is 10.0 Å². The molecule has 0 saturated carbocycles. The average molecular weight is 429 g/mol. The number of aromatic nitrogens is 1. The van der Waals surface area contributed by atoms with Gasteiger partial charge in [-0.3, -0.25) is 4.79 Å². The molecule has 146 valence electrons. The van der Waals surface area contributed by atoms with Crippen molar-refractivity contribution in [3.05, 3.63) is 87.7 Å². The quantitative estimate of drug-likeness (QED) is 0.429. The Morgan fingerprint density at radius 3 is 2.48 bits per heavy atom. The molecule has 29 heavy (non-hydrogen) atoms. The molecule has 0 atom stereocenters. The van der Waals surface area contributed by atoms with Gasteiger partial charge in [-0.2, -0.15) is 0 Å². The molecule has 0 aliphatic rings. The van der Waals surface area contributed by atoms with E-state index in [2.05, 4.69) is 10.3 Å². The highest BCUT2D eigenvalue weighted by Crippen LogP contribution is 2.35. The first-order chi connectivity index (χ1) is 14.0. The number of hydrogen-bond donors (Lipinski definition) is 1. The van der Waals surface area contributed by atoms with E-state index >= 15 is 0 Å². The normalized spacial score (nSPS) is 11.0. The van der Waals surface area contributed by atoms with Crippen molar-refractivity contribution in [2.24, 2.45) is 0 Å². The Kier molecular flexibility index (Phi) is 5.51. The van der Waals surface area contributed by atoms with Crippen LogP contribution in [-0.4, -0.2) is 17.4 Å². The fraction of sp³-hybridized carbons (Fsp3) is 0.0909. The lowest BCUT2D eigenvalue weighted by Crippen LogP contribution is -2.25. The van der Waals surface area contributed by atoms with E-state index in [9.17, 15) is 9.18 Å². The Bertz CT molecular complexity index is 1170. The van der Waals surface area contributed by atoms with E-state index in [-0.39, 0.29) is 11.7 Å². The summed E-state index contributed by atoms with van der Waals surface area (Å²) < 4.78 is 18.7. The molecule has 1 N–H and O–H groups in total. The van der Waals surface area contributed by atoms with Gasteiger partial charge in [0, 0.05) is 12.1 Å². The number of hydrogen-bond acceptors (Lipinski definition) is 3. The largest absolute Gasteiger partial charge is 0.436 e. The van der Waals surface area contributed by atoms with E-state index in [0.29, 0.717) is 51.1 Å². The van der Waals surface area contributed by atoms with Crippen LogP contribution in [0.25, 0.3) is 22.6 Å². The topological polar surface area (TPSA) is 55.1 Å². The third-order valence-electron chi connectivity index (χ3n) is 4.44. The van der Waals surface area contributed by atoms with Gasteiger partial charge in [-0.15, -0.1) is 0 Å². The van der Waals surface area contributed by atoms with Gasteiger partial charge in [-0.05, 0) is 54.4 Å². The van der Waals surface area contributed by atoms with Crippen LogP contribution < -0.4 is 5.32 Å². The smallest absolute Gasteiger partial charge is 0.251 e. The van der Waals surface area contributed by atoms with Crippen LogP contribution in [0.4, 0.5) is 4.39 Å². The standard InChI is InChI=1S/C22H15Cl2FN2O2/c23-16-2-1-3-17(24)20(16)22-27-18-9-6-14(12-19(18)29-22)21(28)26-11-10-13-4-7-15(25)8-5-13/h1-9,12H,10-11H2,(H,26,28). The summed E-state index contributed by atoms with van der Waals surface area (Å²) in [6, 6.07) is 16.4. The molecule has 0 aliphatic heterocycles. The Balaban J connectivity index is 1.49. The molecular weight excluding hydrogens is 414 g/mol. The number of amides is 1. The van der Waals surface area contributed by atoms with Crippen molar-refractivity contribution < 1.29 is 13.6 Å². The van der Waals surface area contributed by atoms with Crippen LogP contribution in [0.1, 0.15) is 15.9 Å². The fourth-order valence-electron chi connectivity index (χ4n) is 2.95. The predicted molar refractivity (Wildman–Crippen MR) is 112 cm³/mol. The third-order valence-corrected chi connectivity index (χ3v) is 5.07. The first-order valence-electron chi connectivity index (χ1n) is 8.89. The van der Waals surface area contributed by atoms with Crippen molar-refractivity contribution in [2.75, 3.05) is 6.54 Å². The van der Waals surface area contributed by atoms with Gasteiger partial charge in [0.05, 0.1) is 15.6 Å². The van der Waals surface area contributed by atoms with E-state index in [4.69, 9.17) is 27.6 Å². The van der Waals surface area contributed by atoms with Gasteiger partial charge < -0.3 is 9.73 Å². The van der Waals surface area contributed by atoms with Gasteiger partial charge in [0.25, 0.3) is 5.91 Å². The van der Waals surface area contributed by atoms with Crippen LogP contribution in [0.3, 0.4) is 0 Å². The average Bonchev–Trinajstić information content (AvgIpc) is 3.12. The second-order valence-corrected chi connectivity index (χ2v) is 7.24. The highest BCUT2D eigenvalue weighted by atomic mass is 35.5. The zero-order valence-electron chi connectivity index (χ0n) is 15.1. The lowest BCUT2D eigenvalue weighted by molar-refractivity contribution is 0.0954. The first kappa shape index (κ1) is 19.4. The molecule has 4 nitrogen and oxygen atoms in total. The van der Waals surface area contributed by atoms with Crippen LogP contribution in [0.5, 0.6) is 0 Å². The summed E-state index contributed by atoms with van der Waals surface area (Å²) in [6.07, 6.45) is 0.603. The number of carbonyl (C=O) groups is 1. The minimum Gasteiger partial charge on any atom is -0.436 e. The van der Waals surface area contributed by atoms with Gasteiger partial charge in [0.1, 0.15) is 11.3 Å². The van der Waals surface area contributed by atoms with Crippen LogP contribution in [-0.2, 0) is 6.42 Å². The number of nitrogens with zero attached hydrogens (tertiary/aromatic N) is 1. The second-order valence-electron chi connectivity index (χ2n) is 6.43. The minimum atomic E-state index is -0.282. The summed E-state index contributed by atoms with van der Waals surface area (Å²) in [4.78, 5) is 16.9. The van der Waals surface area contributed by atoms with Crippen molar-refractivity contribution in [1.82, 2.24) is 10.3 Å². The number of oxazole rings is 1. The molecule has 1 amide bonds. The Hall–Kier alpha value is -2.89. The van der Waals surface area contributed by atoms with E-state index in [1.807, 2.05) is 0 Å². The third kappa shape index (κ3) is 4.26. The Labute approximate surface area is 176 Å². The highest BCUT2D eigenvalue weighted by Gasteiger charge is 2.16. The van der Waals surface area contributed by atoms with E-state index in [1.54, 1.807) is 48.5 Å². The minimum absolute atomic E-state index is 0.234. The summed E-state index contributed by atoms with van der Waals surface area (Å²) >= 11 is 12.4. The van der Waals surface area contributed by atoms with E-state index < -0.39 is 0 Å². The number of carbonyl (C=O) groups excluding carboxylic acids is 1. The van der Waals surface area contributed by atoms with Gasteiger partial charge >= 0.3 is 0 Å². The molecule has 0 radical (unpaired) electrons. The summed E-state index contributed by atoms with van der Waals surface area (Å²) in [7, 11) is 0. The molecule has 3 aromatic carbocycles. The highest BCUT2D eigenvalue weighted by molar-refractivity contribution is 6.38. The maximum atomic E-state index is 12.9. The van der Waals surface area contributed by atoms with Crippen molar-refractivity contribution in [1.29, 1.82) is 0 Å². The second kappa shape index (κ2) is 8.23. The molecule has 0 spiro atoms. The van der Waals surface area contributed by atoms with Gasteiger partial charge in [0.2, 0.25) is 5.89 Å². The molecular formula is C22H15Cl2FN2O2. The number of benzene rings is 3. The summed E-state index contributed by atoms with van der Waals surface area (Å²) in [5, 5.41) is 3.71. The predicted octanol–water partition coefficient (Wildman–Crippen LogP) is 5.91. The molecule has 0 saturated heterocycles. The number of rotatable bonds is 5. The van der Waals surface area contributed by atoms with E-state index in [0.717, 1.165) is 5.56 Å². The van der Waals surface area contributed by atoms with E-state index in [1.165, 1.54) is 12.1 Å². The molecule has 4 rings (SSSR count). The molecule has 1 heterocycles. The molecule has 0 bridgehead atoms. The molecule has 0 unspecified atom stereocenters. The monoisotopic (exact) mass is 428 g/mol. The Morgan fingerprint density at radius 2 is 1.76 bits per heavy atom. The van der Waals surface area contributed by atoms with Crippen LogP contribution in [0, 0.1) is 5.82 Å².